The van der Waals surface area contributed by atoms with E-state index in [1.54, 1.807) is 30.3 Å². The largest absolute Gasteiger partial charge is 0.506 e. The SMILES string of the molecule is C/C(CC(=O)Nc1ccc(Cl)c(C(F)(F)F)c1)=N/NC(=O)c1ccc2ccccc2c1O. The summed E-state index contributed by atoms with van der Waals surface area (Å²) in [5, 5.41) is 17.3. The highest BCUT2D eigenvalue weighted by atomic mass is 35.5. The van der Waals surface area contributed by atoms with Crippen LogP contribution in [-0.2, 0) is 11.0 Å². The minimum Gasteiger partial charge on any atom is -0.506 e. The van der Waals surface area contributed by atoms with Gasteiger partial charge in [-0.2, -0.15) is 18.3 Å². The van der Waals surface area contributed by atoms with Gasteiger partial charge in [-0.3, -0.25) is 9.59 Å². The molecule has 0 radical (unpaired) electrons. The molecule has 0 unspecified atom stereocenters. The summed E-state index contributed by atoms with van der Waals surface area (Å²) in [4.78, 5) is 24.5. The van der Waals surface area contributed by atoms with E-state index in [-0.39, 0.29) is 29.1 Å². The number of amides is 2. The molecule has 0 spiro atoms. The van der Waals surface area contributed by atoms with Gasteiger partial charge < -0.3 is 10.4 Å². The van der Waals surface area contributed by atoms with Gasteiger partial charge in [-0.25, -0.2) is 5.43 Å². The number of halogens is 4. The number of phenols is 1. The van der Waals surface area contributed by atoms with Crippen molar-refractivity contribution >= 4 is 45.6 Å². The summed E-state index contributed by atoms with van der Waals surface area (Å²) >= 11 is 5.56. The second kappa shape index (κ2) is 9.27. The first-order valence-electron chi connectivity index (χ1n) is 9.27. The number of fused-ring (bicyclic) bond motifs is 1. The van der Waals surface area contributed by atoms with Crippen molar-refractivity contribution in [3.8, 4) is 5.75 Å². The lowest BCUT2D eigenvalue weighted by Crippen LogP contribution is -2.21. The van der Waals surface area contributed by atoms with Crippen LogP contribution in [-0.4, -0.2) is 22.6 Å². The van der Waals surface area contributed by atoms with E-state index in [1.807, 2.05) is 0 Å². The molecule has 0 aliphatic carbocycles. The molecule has 2 amide bonds. The molecule has 6 nitrogen and oxygen atoms in total. The molecule has 0 heterocycles. The van der Waals surface area contributed by atoms with Crippen molar-refractivity contribution in [3.05, 3.63) is 70.7 Å². The first kappa shape index (κ1) is 23.1. The van der Waals surface area contributed by atoms with Crippen molar-refractivity contribution in [3.63, 3.8) is 0 Å². The molecule has 0 saturated heterocycles. The summed E-state index contributed by atoms with van der Waals surface area (Å²) in [6.45, 7) is 1.46. The van der Waals surface area contributed by atoms with Crippen molar-refractivity contribution in [2.24, 2.45) is 5.10 Å². The molecule has 3 aromatic carbocycles. The van der Waals surface area contributed by atoms with Crippen LogP contribution in [0.25, 0.3) is 10.8 Å². The number of hydrazone groups is 1. The third-order valence-electron chi connectivity index (χ3n) is 4.47. The van der Waals surface area contributed by atoms with E-state index >= 15 is 0 Å². The number of phenolic OH excluding ortho intramolecular Hbond substituents is 1. The van der Waals surface area contributed by atoms with Crippen LogP contribution >= 0.6 is 11.6 Å². The van der Waals surface area contributed by atoms with Gasteiger partial charge in [0, 0.05) is 16.8 Å². The number of benzene rings is 3. The highest BCUT2D eigenvalue weighted by Gasteiger charge is 2.33. The number of hydrogen-bond donors (Lipinski definition) is 3. The molecule has 3 rings (SSSR count). The average Bonchev–Trinajstić information content (AvgIpc) is 2.73. The number of rotatable bonds is 5. The monoisotopic (exact) mass is 463 g/mol. The lowest BCUT2D eigenvalue weighted by Gasteiger charge is -2.12. The van der Waals surface area contributed by atoms with Crippen LogP contribution in [0.15, 0.2) is 59.7 Å². The van der Waals surface area contributed by atoms with Gasteiger partial charge in [-0.05, 0) is 36.6 Å². The van der Waals surface area contributed by atoms with Crippen LogP contribution in [0.1, 0.15) is 29.3 Å². The molecule has 10 heteroatoms. The van der Waals surface area contributed by atoms with Gasteiger partial charge in [0.25, 0.3) is 5.91 Å². The fourth-order valence-electron chi connectivity index (χ4n) is 2.94. The molecule has 0 atom stereocenters. The van der Waals surface area contributed by atoms with Crippen molar-refractivity contribution in [2.75, 3.05) is 5.32 Å². The maximum atomic E-state index is 12.9. The zero-order valence-corrected chi connectivity index (χ0v) is 17.4. The molecule has 0 saturated carbocycles. The zero-order valence-electron chi connectivity index (χ0n) is 16.6. The number of nitrogens with one attached hydrogen (secondary N) is 2. The van der Waals surface area contributed by atoms with E-state index in [1.165, 1.54) is 19.1 Å². The van der Waals surface area contributed by atoms with E-state index in [2.05, 4.69) is 15.8 Å². The Kier molecular flexibility index (Phi) is 6.69. The van der Waals surface area contributed by atoms with Crippen LogP contribution in [0.3, 0.4) is 0 Å². The van der Waals surface area contributed by atoms with Gasteiger partial charge in [0.05, 0.1) is 22.6 Å². The number of alkyl halides is 3. The average molecular weight is 464 g/mol. The van der Waals surface area contributed by atoms with Crippen LogP contribution < -0.4 is 10.7 Å². The standard InChI is InChI=1S/C22H17ClF3N3O3/c1-12(10-19(30)27-14-7-9-18(23)17(11-14)22(24,25)26)28-29-21(32)16-8-6-13-4-2-3-5-15(13)20(16)31/h2-9,11,31H,10H2,1H3,(H,27,30)(H,29,32)/b28-12-. The highest BCUT2D eigenvalue weighted by Crippen LogP contribution is 2.36. The van der Waals surface area contributed by atoms with Crippen molar-refractivity contribution < 1.29 is 27.9 Å². The van der Waals surface area contributed by atoms with Gasteiger partial charge in [-0.1, -0.05) is 41.9 Å². The predicted molar refractivity (Wildman–Crippen MR) is 116 cm³/mol. The molecule has 0 fully saturated rings. The number of aromatic hydroxyl groups is 1. The van der Waals surface area contributed by atoms with E-state index in [4.69, 9.17) is 11.6 Å². The Labute approximate surface area is 185 Å². The molecule has 32 heavy (non-hydrogen) atoms. The van der Waals surface area contributed by atoms with Gasteiger partial charge in [0.15, 0.2) is 0 Å². The second-order valence-corrected chi connectivity index (χ2v) is 7.30. The van der Waals surface area contributed by atoms with Gasteiger partial charge in [0.1, 0.15) is 5.75 Å². The second-order valence-electron chi connectivity index (χ2n) is 6.89. The van der Waals surface area contributed by atoms with Gasteiger partial charge in [-0.15, -0.1) is 0 Å². The fourth-order valence-corrected chi connectivity index (χ4v) is 3.17. The molecule has 0 bridgehead atoms. The molecule has 166 valence electrons. The molecule has 3 N–H and O–H groups in total. The third-order valence-corrected chi connectivity index (χ3v) is 4.80. The molecular weight excluding hydrogens is 447 g/mol. The molecule has 0 aliphatic rings. The minimum absolute atomic E-state index is 0.00514. The first-order chi connectivity index (χ1) is 15.1. The Balaban J connectivity index is 1.64. The number of nitrogens with zero attached hydrogens (tertiary/aromatic N) is 1. The van der Waals surface area contributed by atoms with Crippen LogP contribution in [0.2, 0.25) is 5.02 Å². The minimum atomic E-state index is -4.66. The summed E-state index contributed by atoms with van der Waals surface area (Å²) in [7, 11) is 0. The van der Waals surface area contributed by atoms with E-state index in [0.717, 1.165) is 17.5 Å². The normalized spacial score (nSPS) is 12.0. The lowest BCUT2D eigenvalue weighted by molar-refractivity contribution is -0.137. The molecular formula is C22H17ClF3N3O3. The number of anilines is 1. The Morgan fingerprint density at radius 2 is 1.81 bits per heavy atom. The number of carbonyl (C=O) groups is 2. The summed E-state index contributed by atoms with van der Waals surface area (Å²) in [5.41, 5.74) is 1.31. The zero-order chi connectivity index (χ0) is 23.5. The van der Waals surface area contributed by atoms with Crippen LogP contribution in [0, 0.1) is 0 Å². The van der Waals surface area contributed by atoms with E-state index < -0.39 is 28.6 Å². The van der Waals surface area contributed by atoms with E-state index in [0.29, 0.717) is 5.39 Å². The summed E-state index contributed by atoms with van der Waals surface area (Å²) in [5.74, 6) is -1.51. The summed E-state index contributed by atoms with van der Waals surface area (Å²) in [6, 6.07) is 13.1. The predicted octanol–water partition coefficient (Wildman–Crippen LogP) is 5.35. The summed E-state index contributed by atoms with van der Waals surface area (Å²) < 4.78 is 38.8. The molecule has 0 aliphatic heterocycles. The lowest BCUT2D eigenvalue weighted by atomic mass is 10.1. The maximum Gasteiger partial charge on any atom is 0.417 e. The van der Waals surface area contributed by atoms with Crippen molar-refractivity contribution in [1.29, 1.82) is 0 Å². The Morgan fingerprint density at radius 3 is 2.53 bits per heavy atom. The number of carbonyl (C=O) groups excluding carboxylic acids is 2. The first-order valence-corrected chi connectivity index (χ1v) is 9.65. The quantitative estimate of drug-likeness (QED) is 0.352. The summed E-state index contributed by atoms with van der Waals surface area (Å²) in [6.07, 6.45) is -4.94. The highest BCUT2D eigenvalue weighted by molar-refractivity contribution is 6.31. The Hall–Kier alpha value is -3.59. The fraction of sp³-hybridized carbons (Fsp3) is 0.136. The van der Waals surface area contributed by atoms with E-state index in [9.17, 15) is 27.9 Å². The smallest absolute Gasteiger partial charge is 0.417 e. The maximum absolute atomic E-state index is 12.9. The third kappa shape index (κ3) is 5.36. The van der Waals surface area contributed by atoms with Gasteiger partial charge >= 0.3 is 6.18 Å². The van der Waals surface area contributed by atoms with Crippen molar-refractivity contribution in [2.45, 2.75) is 19.5 Å². The van der Waals surface area contributed by atoms with Gasteiger partial charge in [0.2, 0.25) is 5.91 Å². The van der Waals surface area contributed by atoms with Crippen molar-refractivity contribution in [1.82, 2.24) is 5.43 Å². The molecule has 0 aromatic heterocycles. The van der Waals surface area contributed by atoms with Crippen LogP contribution in [0.5, 0.6) is 5.75 Å². The topological polar surface area (TPSA) is 90.8 Å². The Morgan fingerprint density at radius 1 is 1.09 bits per heavy atom. The number of hydrogen-bond acceptors (Lipinski definition) is 4. The molecule has 3 aromatic rings. The Bertz CT molecular complexity index is 1230. The van der Waals surface area contributed by atoms with Crippen LogP contribution in [0.4, 0.5) is 18.9 Å².